The standard InChI is InChI=1S/C23H37N3O3/c1-22(2,3)21-25-23(17-8-6-4-5-7-9-17)11-10-16(20(27)28)14-18(23)26(21)15-19-24-12-13-29-19/h12-13,16-18,21,25H,4-11,14-15H2,1-3H3,(H,27,28). The average Bonchev–Trinajstić information content (AvgIpc) is 3.19. The molecular weight excluding hydrogens is 366 g/mol. The molecule has 2 aliphatic carbocycles. The molecule has 2 saturated carbocycles. The number of nitrogens with one attached hydrogen (secondary N) is 1. The third kappa shape index (κ3) is 3.98. The topological polar surface area (TPSA) is 78.6 Å². The number of carboxylic acids is 1. The molecule has 3 fully saturated rings. The first-order valence-electron chi connectivity index (χ1n) is 11.5. The number of carbonyl (C=O) groups is 1. The molecule has 0 radical (unpaired) electrons. The third-order valence-electron chi connectivity index (χ3n) is 7.70. The molecule has 1 aromatic rings. The second kappa shape index (κ2) is 8.03. The Labute approximate surface area is 174 Å². The van der Waals surface area contributed by atoms with E-state index in [1.54, 1.807) is 12.5 Å². The lowest BCUT2D eigenvalue weighted by molar-refractivity contribution is -0.144. The maximum Gasteiger partial charge on any atom is 0.306 e. The van der Waals surface area contributed by atoms with Crippen LogP contribution in [0.25, 0.3) is 0 Å². The van der Waals surface area contributed by atoms with Crippen LogP contribution in [-0.2, 0) is 11.3 Å². The highest BCUT2D eigenvalue weighted by atomic mass is 16.4. The molecule has 6 nitrogen and oxygen atoms in total. The number of hydrogen-bond donors (Lipinski definition) is 2. The largest absolute Gasteiger partial charge is 0.481 e. The molecule has 0 bridgehead atoms. The molecule has 2 heterocycles. The van der Waals surface area contributed by atoms with Crippen LogP contribution in [0.15, 0.2) is 16.9 Å². The van der Waals surface area contributed by atoms with Gasteiger partial charge in [0.15, 0.2) is 0 Å². The van der Waals surface area contributed by atoms with E-state index in [1.807, 2.05) is 0 Å². The van der Waals surface area contributed by atoms with Gasteiger partial charge >= 0.3 is 5.97 Å². The molecule has 0 spiro atoms. The van der Waals surface area contributed by atoms with Crippen molar-refractivity contribution in [2.24, 2.45) is 17.3 Å². The van der Waals surface area contributed by atoms with Crippen LogP contribution in [-0.4, -0.2) is 38.7 Å². The molecule has 3 aliphatic rings. The van der Waals surface area contributed by atoms with Crippen LogP contribution < -0.4 is 5.32 Å². The lowest BCUT2D eigenvalue weighted by atomic mass is 9.65. The highest BCUT2D eigenvalue weighted by Gasteiger charge is 2.59. The monoisotopic (exact) mass is 403 g/mol. The number of aromatic nitrogens is 1. The van der Waals surface area contributed by atoms with Crippen LogP contribution in [0.1, 0.15) is 84.4 Å². The van der Waals surface area contributed by atoms with Gasteiger partial charge in [-0.2, -0.15) is 0 Å². The number of hydrogen-bond acceptors (Lipinski definition) is 5. The predicted molar refractivity (Wildman–Crippen MR) is 111 cm³/mol. The van der Waals surface area contributed by atoms with E-state index < -0.39 is 5.97 Å². The van der Waals surface area contributed by atoms with Gasteiger partial charge < -0.3 is 9.52 Å². The number of carboxylic acid groups (broad SMARTS) is 1. The molecule has 0 aromatic carbocycles. The zero-order valence-corrected chi connectivity index (χ0v) is 18.2. The summed E-state index contributed by atoms with van der Waals surface area (Å²) in [4.78, 5) is 18.8. The molecule has 4 unspecified atom stereocenters. The highest BCUT2D eigenvalue weighted by molar-refractivity contribution is 5.70. The summed E-state index contributed by atoms with van der Waals surface area (Å²) in [5, 5.41) is 13.9. The highest BCUT2D eigenvalue weighted by Crippen LogP contribution is 2.51. The van der Waals surface area contributed by atoms with Crippen molar-refractivity contribution < 1.29 is 14.3 Å². The van der Waals surface area contributed by atoms with Crippen molar-refractivity contribution in [3.63, 3.8) is 0 Å². The summed E-state index contributed by atoms with van der Waals surface area (Å²) in [5.74, 6) is 0.431. The van der Waals surface area contributed by atoms with Gasteiger partial charge in [-0.1, -0.05) is 46.5 Å². The van der Waals surface area contributed by atoms with Gasteiger partial charge in [0.05, 0.1) is 24.8 Å². The van der Waals surface area contributed by atoms with Crippen molar-refractivity contribution in [3.8, 4) is 0 Å². The van der Waals surface area contributed by atoms with Crippen LogP contribution in [0.5, 0.6) is 0 Å². The number of nitrogens with zero attached hydrogens (tertiary/aromatic N) is 2. The fourth-order valence-electron chi connectivity index (χ4n) is 6.31. The van der Waals surface area contributed by atoms with Gasteiger partial charge in [-0.25, -0.2) is 4.98 Å². The Morgan fingerprint density at radius 1 is 1.28 bits per heavy atom. The van der Waals surface area contributed by atoms with Gasteiger partial charge in [0.2, 0.25) is 5.89 Å². The summed E-state index contributed by atoms with van der Waals surface area (Å²) in [6.45, 7) is 7.47. The number of rotatable bonds is 4. The molecule has 2 N–H and O–H groups in total. The second-order valence-electron chi connectivity index (χ2n) is 10.6. The van der Waals surface area contributed by atoms with E-state index in [2.05, 4.69) is 36.0 Å². The first-order chi connectivity index (χ1) is 13.8. The molecule has 1 aliphatic heterocycles. The summed E-state index contributed by atoms with van der Waals surface area (Å²) in [5.41, 5.74) is 0.0290. The zero-order valence-electron chi connectivity index (χ0n) is 18.2. The third-order valence-corrected chi connectivity index (χ3v) is 7.70. The molecule has 162 valence electrons. The molecule has 4 atom stereocenters. The van der Waals surface area contributed by atoms with E-state index in [1.165, 1.54) is 38.5 Å². The first kappa shape index (κ1) is 20.9. The number of fused-ring (bicyclic) bond motifs is 1. The van der Waals surface area contributed by atoms with E-state index >= 15 is 0 Å². The second-order valence-corrected chi connectivity index (χ2v) is 10.6. The lowest BCUT2D eigenvalue weighted by Gasteiger charge is -2.48. The Morgan fingerprint density at radius 3 is 2.59 bits per heavy atom. The molecule has 29 heavy (non-hydrogen) atoms. The van der Waals surface area contributed by atoms with Gasteiger partial charge in [-0.15, -0.1) is 0 Å². The van der Waals surface area contributed by atoms with Gasteiger partial charge in [0.25, 0.3) is 0 Å². The van der Waals surface area contributed by atoms with E-state index in [0.29, 0.717) is 18.9 Å². The quantitative estimate of drug-likeness (QED) is 0.725. The summed E-state index contributed by atoms with van der Waals surface area (Å²) in [7, 11) is 0. The van der Waals surface area contributed by atoms with E-state index in [0.717, 1.165) is 18.7 Å². The number of aliphatic carboxylic acids is 1. The Bertz CT molecular complexity index is 691. The Hall–Kier alpha value is -1.40. The molecular formula is C23H37N3O3. The fraction of sp³-hybridized carbons (Fsp3) is 0.826. The van der Waals surface area contributed by atoms with Gasteiger partial charge in [-0.05, 0) is 43.4 Å². The van der Waals surface area contributed by atoms with Crippen molar-refractivity contribution in [1.82, 2.24) is 15.2 Å². The van der Waals surface area contributed by atoms with Crippen molar-refractivity contribution in [1.29, 1.82) is 0 Å². The minimum absolute atomic E-state index is 0.000823. The summed E-state index contributed by atoms with van der Waals surface area (Å²) in [6, 6.07) is 0.205. The van der Waals surface area contributed by atoms with Gasteiger partial charge in [-0.3, -0.25) is 15.0 Å². The fourth-order valence-corrected chi connectivity index (χ4v) is 6.31. The molecule has 4 rings (SSSR count). The Kier molecular flexibility index (Phi) is 5.77. The van der Waals surface area contributed by atoms with Crippen LogP contribution >= 0.6 is 0 Å². The summed E-state index contributed by atoms with van der Waals surface area (Å²) in [6.07, 6.45) is 13.7. The maximum atomic E-state index is 11.9. The minimum atomic E-state index is -0.644. The SMILES string of the molecule is CC(C)(C)C1NC2(C3CCCCCC3)CCC(C(=O)O)CC2N1Cc1ncco1. The van der Waals surface area contributed by atoms with Crippen molar-refractivity contribution >= 4 is 5.97 Å². The van der Waals surface area contributed by atoms with Crippen LogP contribution in [0, 0.1) is 17.3 Å². The van der Waals surface area contributed by atoms with Crippen LogP contribution in [0.3, 0.4) is 0 Å². The van der Waals surface area contributed by atoms with E-state index in [-0.39, 0.29) is 29.1 Å². The van der Waals surface area contributed by atoms with Crippen molar-refractivity contribution in [2.75, 3.05) is 0 Å². The summed E-state index contributed by atoms with van der Waals surface area (Å²) < 4.78 is 5.61. The zero-order chi connectivity index (χ0) is 20.6. The Morgan fingerprint density at radius 2 is 2.00 bits per heavy atom. The van der Waals surface area contributed by atoms with Gasteiger partial charge in [0.1, 0.15) is 6.26 Å². The van der Waals surface area contributed by atoms with Crippen molar-refractivity contribution in [3.05, 3.63) is 18.4 Å². The van der Waals surface area contributed by atoms with Crippen molar-refractivity contribution in [2.45, 2.75) is 103 Å². The smallest absolute Gasteiger partial charge is 0.306 e. The molecule has 1 saturated heterocycles. The van der Waals surface area contributed by atoms with E-state index in [9.17, 15) is 9.90 Å². The molecule has 6 heteroatoms. The predicted octanol–water partition coefficient (Wildman–Crippen LogP) is 4.41. The maximum absolute atomic E-state index is 11.9. The molecule has 0 amide bonds. The minimum Gasteiger partial charge on any atom is -0.481 e. The first-order valence-corrected chi connectivity index (χ1v) is 11.5. The normalized spacial score (nSPS) is 34.7. The van der Waals surface area contributed by atoms with E-state index in [4.69, 9.17) is 4.42 Å². The summed E-state index contributed by atoms with van der Waals surface area (Å²) >= 11 is 0. The van der Waals surface area contributed by atoms with Gasteiger partial charge in [0, 0.05) is 11.6 Å². The van der Waals surface area contributed by atoms with Crippen LogP contribution in [0.2, 0.25) is 0 Å². The molecule has 1 aromatic heterocycles. The van der Waals surface area contributed by atoms with Crippen LogP contribution in [0.4, 0.5) is 0 Å². The number of oxazole rings is 1. The lowest BCUT2D eigenvalue weighted by Crippen LogP contribution is -2.59. The average molecular weight is 404 g/mol. The Balaban J connectivity index is 1.72.